The van der Waals surface area contributed by atoms with Gasteiger partial charge in [0.15, 0.2) is 20.9 Å². The van der Waals surface area contributed by atoms with Crippen LogP contribution in [0.15, 0.2) is 23.4 Å². The van der Waals surface area contributed by atoms with Crippen molar-refractivity contribution in [3.63, 3.8) is 0 Å². The Kier molecular flexibility index (Phi) is 2.34. The fourth-order valence-corrected chi connectivity index (χ4v) is 1.20. The summed E-state index contributed by atoms with van der Waals surface area (Å²) in [5, 5.41) is -0.218. The monoisotopic (exact) mass is 179 g/mol. The van der Waals surface area contributed by atoms with E-state index in [2.05, 4.69) is 4.98 Å². The maximum absolute atomic E-state index is 12.5. The molecule has 0 saturated heterocycles. The molecule has 10 heavy (non-hydrogen) atoms. The van der Waals surface area contributed by atoms with E-state index in [0.29, 0.717) is 0 Å². The standard InChI is InChI=1S/C5H3ClFNOS/c6-10(9)5-4(7)2-1-3-8-5/h1-3H. The molecule has 0 aliphatic heterocycles. The molecule has 0 radical (unpaired) electrons. The lowest BCUT2D eigenvalue weighted by atomic mass is 10.5. The molecule has 1 unspecified atom stereocenters. The summed E-state index contributed by atoms with van der Waals surface area (Å²) >= 11 is 0. The van der Waals surface area contributed by atoms with Crippen LogP contribution < -0.4 is 0 Å². The Labute approximate surface area is 64.0 Å². The van der Waals surface area contributed by atoms with Gasteiger partial charge in [-0.1, -0.05) is 0 Å². The van der Waals surface area contributed by atoms with Gasteiger partial charge in [-0.2, -0.15) is 0 Å². The first kappa shape index (κ1) is 7.63. The molecule has 1 aromatic rings. The van der Waals surface area contributed by atoms with E-state index >= 15 is 0 Å². The van der Waals surface area contributed by atoms with Crippen LogP contribution in [0.4, 0.5) is 4.39 Å². The van der Waals surface area contributed by atoms with Gasteiger partial charge in [0.1, 0.15) is 0 Å². The summed E-state index contributed by atoms with van der Waals surface area (Å²) in [6.45, 7) is 0. The van der Waals surface area contributed by atoms with Crippen molar-refractivity contribution in [3.8, 4) is 0 Å². The van der Waals surface area contributed by atoms with Crippen molar-refractivity contribution in [2.45, 2.75) is 5.03 Å². The molecule has 1 rings (SSSR count). The van der Waals surface area contributed by atoms with Gasteiger partial charge in [-0.3, -0.25) is 0 Å². The van der Waals surface area contributed by atoms with Crippen molar-refractivity contribution in [1.82, 2.24) is 4.98 Å². The van der Waals surface area contributed by atoms with Gasteiger partial charge in [0.2, 0.25) is 0 Å². The number of aromatic nitrogens is 1. The second-order valence-electron chi connectivity index (χ2n) is 1.51. The first-order valence-corrected chi connectivity index (χ1v) is 4.38. The molecule has 2 nitrogen and oxygen atoms in total. The van der Waals surface area contributed by atoms with Crippen LogP contribution in [-0.2, 0) is 10.0 Å². The van der Waals surface area contributed by atoms with Crippen molar-refractivity contribution in [3.05, 3.63) is 24.1 Å². The van der Waals surface area contributed by atoms with Crippen molar-refractivity contribution in [1.29, 1.82) is 0 Å². The molecule has 0 fully saturated rings. The summed E-state index contributed by atoms with van der Waals surface area (Å²) in [7, 11) is 3.22. The second-order valence-corrected chi connectivity index (χ2v) is 3.19. The maximum atomic E-state index is 12.5. The third-order valence-electron chi connectivity index (χ3n) is 0.877. The summed E-state index contributed by atoms with van der Waals surface area (Å²) in [4.78, 5) is 3.47. The highest BCUT2D eigenvalue weighted by Crippen LogP contribution is 2.09. The molecule has 0 aliphatic rings. The van der Waals surface area contributed by atoms with Crippen LogP contribution in [0, 0.1) is 5.82 Å². The third kappa shape index (κ3) is 1.52. The van der Waals surface area contributed by atoms with Gasteiger partial charge in [0.25, 0.3) is 0 Å². The summed E-state index contributed by atoms with van der Waals surface area (Å²) < 4.78 is 22.9. The lowest BCUT2D eigenvalue weighted by molar-refractivity contribution is 0.582. The highest BCUT2D eigenvalue weighted by Gasteiger charge is 2.06. The zero-order chi connectivity index (χ0) is 7.56. The molecule has 0 saturated carbocycles. The van der Waals surface area contributed by atoms with E-state index in [9.17, 15) is 8.60 Å². The molecule has 5 heteroatoms. The van der Waals surface area contributed by atoms with Crippen LogP contribution in [0.25, 0.3) is 0 Å². The van der Waals surface area contributed by atoms with E-state index in [-0.39, 0.29) is 5.03 Å². The Balaban J connectivity index is 3.15. The lowest BCUT2D eigenvalue weighted by Crippen LogP contribution is -1.90. The van der Waals surface area contributed by atoms with Gasteiger partial charge in [-0.25, -0.2) is 13.6 Å². The van der Waals surface area contributed by atoms with Crippen LogP contribution in [0.3, 0.4) is 0 Å². The third-order valence-corrected chi connectivity index (χ3v) is 1.92. The highest BCUT2D eigenvalue weighted by molar-refractivity contribution is 8.08. The molecule has 0 bridgehead atoms. The number of rotatable bonds is 1. The predicted molar refractivity (Wildman–Crippen MR) is 36.5 cm³/mol. The van der Waals surface area contributed by atoms with Crippen molar-refractivity contribution in [2.24, 2.45) is 0 Å². The minimum atomic E-state index is -1.85. The average molecular weight is 180 g/mol. The molecule has 0 spiro atoms. The summed E-state index contributed by atoms with van der Waals surface area (Å²) in [5.41, 5.74) is 0. The van der Waals surface area contributed by atoms with Gasteiger partial charge in [-0.05, 0) is 22.8 Å². The number of pyridine rings is 1. The van der Waals surface area contributed by atoms with E-state index < -0.39 is 15.8 Å². The summed E-state index contributed by atoms with van der Waals surface area (Å²) in [6, 6.07) is 2.56. The van der Waals surface area contributed by atoms with E-state index in [0.717, 1.165) is 6.07 Å². The average Bonchev–Trinajstić information content (AvgIpc) is 1.88. The first-order chi connectivity index (χ1) is 4.72. The topological polar surface area (TPSA) is 30.0 Å². The highest BCUT2D eigenvalue weighted by atomic mass is 35.7. The molecular formula is C5H3ClFNOS. The Morgan fingerprint density at radius 1 is 1.70 bits per heavy atom. The van der Waals surface area contributed by atoms with Gasteiger partial charge in [0, 0.05) is 6.20 Å². The lowest BCUT2D eigenvalue weighted by Gasteiger charge is -1.91. The van der Waals surface area contributed by atoms with Gasteiger partial charge in [-0.15, -0.1) is 0 Å². The van der Waals surface area contributed by atoms with Gasteiger partial charge in [0.05, 0.1) is 0 Å². The normalized spacial score (nSPS) is 13.0. The van der Waals surface area contributed by atoms with Crippen LogP contribution in [0.2, 0.25) is 0 Å². The smallest absolute Gasteiger partial charge is 0.178 e. The molecular weight excluding hydrogens is 177 g/mol. The van der Waals surface area contributed by atoms with Crippen molar-refractivity contribution < 1.29 is 8.60 Å². The Bertz CT molecular complexity index is 268. The predicted octanol–water partition coefficient (Wildman–Crippen LogP) is 1.48. The van der Waals surface area contributed by atoms with Gasteiger partial charge < -0.3 is 0 Å². The Morgan fingerprint density at radius 3 is 2.80 bits per heavy atom. The summed E-state index contributed by atoms with van der Waals surface area (Å²) in [6.07, 6.45) is 1.33. The fourth-order valence-electron chi connectivity index (χ4n) is 0.489. The van der Waals surface area contributed by atoms with Crippen molar-refractivity contribution >= 4 is 20.7 Å². The van der Waals surface area contributed by atoms with Crippen LogP contribution in [0.1, 0.15) is 0 Å². The minimum Gasteiger partial charge on any atom is -0.243 e. The second kappa shape index (κ2) is 3.07. The van der Waals surface area contributed by atoms with Crippen LogP contribution >= 0.6 is 10.7 Å². The SMILES string of the molecule is O=S(Cl)c1ncccc1F. The minimum absolute atomic E-state index is 0.218. The quantitative estimate of drug-likeness (QED) is 0.612. The number of hydrogen-bond donors (Lipinski definition) is 0. The largest absolute Gasteiger partial charge is 0.243 e. The number of nitrogens with zero attached hydrogens (tertiary/aromatic N) is 1. The van der Waals surface area contributed by atoms with Crippen LogP contribution in [-0.4, -0.2) is 9.19 Å². The maximum Gasteiger partial charge on any atom is 0.178 e. The number of hydrogen-bond acceptors (Lipinski definition) is 2. The molecule has 0 aliphatic carbocycles. The molecule has 54 valence electrons. The molecule has 0 amide bonds. The molecule has 0 aromatic carbocycles. The fraction of sp³-hybridized carbons (Fsp3) is 0. The Hall–Kier alpha value is -0.480. The van der Waals surface area contributed by atoms with E-state index in [1.165, 1.54) is 12.3 Å². The molecule has 1 heterocycles. The van der Waals surface area contributed by atoms with Crippen LogP contribution in [0.5, 0.6) is 0 Å². The summed E-state index contributed by atoms with van der Waals surface area (Å²) in [5.74, 6) is -0.643. The molecule has 1 aromatic heterocycles. The Morgan fingerprint density at radius 2 is 2.40 bits per heavy atom. The van der Waals surface area contributed by atoms with Gasteiger partial charge >= 0.3 is 0 Å². The first-order valence-electron chi connectivity index (χ1n) is 2.40. The zero-order valence-corrected chi connectivity index (χ0v) is 6.32. The number of halogens is 2. The van der Waals surface area contributed by atoms with E-state index in [1.807, 2.05) is 0 Å². The molecule has 1 atom stereocenters. The molecule has 0 N–H and O–H groups in total. The van der Waals surface area contributed by atoms with E-state index in [4.69, 9.17) is 10.7 Å². The van der Waals surface area contributed by atoms with Crippen molar-refractivity contribution in [2.75, 3.05) is 0 Å². The zero-order valence-electron chi connectivity index (χ0n) is 4.75. The van der Waals surface area contributed by atoms with E-state index in [1.54, 1.807) is 0 Å².